The van der Waals surface area contributed by atoms with Gasteiger partial charge < -0.3 is 49.2 Å². The standard InChI is InChI=1S/C15H32O10/c1-10(24-13(8-21-2)11(19)4-16)7-23-15(6-18)25-14(9-22-3)12(20)5-17/h10-20H,4-9H2,1-3H3/t10-,11-,12-,13?,14?,15+/m0/s1. The zero-order valence-electron chi connectivity index (χ0n) is 15.0. The zero-order chi connectivity index (χ0) is 19.2. The Bertz CT molecular complexity index is 306. The Morgan fingerprint density at radius 3 is 1.60 bits per heavy atom. The summed E-state index contributed by atoms with van der Waals surface area (Å²) in [6, 6.07) is 0. The first-order chi connectivity index (χ1) is 11.9. The van der Waals surface area contributed by atoms with Crippen LogP contribution in [0.5, 0.6) is 0 Å². The molecule has 0 saturated heterocycles. The van der Waals surface area contributed by atoms with Crippen LogP contribution in [0.2, 0.25) is 0 Å². The Morgan fingerprint density at radius 2 is 1.20 bits per heavy atom. The van der Waals surface area contributed by atoms with E-state index in [2.05, 4.69) is 0 Å². The number of hydrogen-bond acceptors (Lipinski definition) is 10. The molecule has 0 aliphatic carbocycles. The molecule has 0 saturated carbocycles. The Morgan fingerprint density at radius 1 is 0.720 bits per heavy atom. The maximum atomic E-state index is 9.66. The number of hydrogen-bond donors (Lipinski definition) is 5. The summed E-state index contributed by atoms with van der Waals surface area (Å²) in [5.74, 6) is 0. The van der Waals surface area contributed by atoms with Gasteiger partial charge >= 0.3 is 0 Å². The van der Waals surface area contributed by atoms with Gasteiger partial charge in [-0.1, -0.05) is 0 Å². The number of methoxy groups -OCH3 is 2. The Hall–Kier alpha value is -0.400. The van der Waals surface area contributed by atoms with Crippen molar-refractivity contribution in [2.75, 3.05) is 53.9 Å². The predicted octanol–water partition coefficient (Wildman–Crippen LogP) is -2.52. The largest absolute Gasteiger partial charge is 0.394 e. The van der Waals surface area contributed by atoms with Crippen LogP contribution in [0.4, 0.5) is 0 Å². The van der Waals surface area contributed by atoms with E-state index in [0.29, 0.717) is 0 Å². The summed E-state index contributed by atoms with van der Waals surface area (Å²) >= 11 is 0. The summed E-state index contributed by atoms with van der Waals surface area (Å²) in [7, 11) is 2.85. The Labute approximate surface area is 147 Å². The fraction of sp³-hybridized carbons (Fsp3) is 1.00. The minimum atomic E-state index is -1.18. The molecule has 0 aromatic carbocycles. The smallest absolute Gasteiger partial charge is 0.181 e. The third-order valence-electron chi connectivity index (χ3n) is 3.29. The summed E-state index contributed by atoms with van der Waals surface area (Å²) in [6.45, 7) is 0.308. The molecule has 0 fully saturated rings. The normalized spacial score (nSPS) is 19.2. The molecular weight excluding hydrogens is 340 g/mol. The molecule has 2 unspecified atom stereocenters. The predicted molar refractivity (Wildman–Crippen MR) is 86.0 cm³/mol. The van der Waals surface area contributed by atoms with Gasteiger partial charge in [0.25, 0.3) is 0 Å². The van der Waals surface area contributed by atoms with Gasteiger partial charge in [-0.3, -0.25) is 0 Å². The van der Waals surface area contributed by atoms with Gasteiger partial charge in [0, 0.05) is 14.2 Å². The van der Waals surface area contributed by atoms with E-state index in [1.165, 1.54) is 14.2 Å². The van der Waals surface area contributed by atoms with Gasteiger partial charge in [-0.15, -0.1) is 0 Å². The molecule has 25 heavy (non-hydrogen) atoms. The molecule has 0 aliphatic heterocycles. The van der Waals surface area contributed by atoms with Crippen molar-refractivity contribution in [3.8, 4) is 0 Å². The highest BCUT2D eigenvalue weighted by atomic mass is 16.7. The molecule has 152 valence electrons. The maximum Gasteiger partial charge on any atom is 0.181 e. The van der Waals surface area contributed by atoms with Gasteiger partial charge in [0.05, 0.1) is 45.7 Å². The van der Waals surface area contributed by atoms with Crippen molar-refractivity contribution in [1.29, 1.82) is 0 Å². The molecule has 0 heterocycles. The van der Waals surface area contributed by atoms with E-state index >= 15 is 0 Å². The third kappa shape index (κ3) is 10.4. The van der Waals surface area contributed by atoms with Crippen molar-refractivity contribution in [3.63, 3.8) is 0 Å². The first kappa shape index (κ1) is 24.6. The molecule has 0 amide bonds. The van der Waals surface area contributed by atoms with E-state index in [9.17, 15) is 15.3 Å². The topological polar surface area (TPSA) is 147 Å². The molecule has 6 atom stereocenters. The monoisotopic (exact) mass is 372 g/mol. The fourth-order valence-electron chi connectivity index (χ4n) is 1.96. The Balaban J connectivity index is 4.46. The van der Waals surface area contributed by atoms with Gasteiger partial charge in [-0.05, 0) is 6.92 Å². The van der Waals surface area contributed by atoms with Crippen LogP contribution < -0.4 is 0 Å². The van der Waals surface area contributed by atoms with Crippen LogP contribution in [-0.2, 0) is 23.7 Å². The molecule has 0 bridgehead atoms. The lowest BCUT2D eigenvalue weighted by molar-refractivity contribution is -0.231. The summed E-state index contributed by atoms with van der Waals surface area (Å²) in [5, 5.41) is 46.6. The second-order valence-electron chi connectivity index (χ2n) is 5.52. The average molecular weight is 372 g/mol. The van der Waals surface area contributed by atoms with Crippen LogP contribution in [0.15, 0.2) is 0 Å². The highest BCUT2D eigenvalue weighted by Gasteiger charge is 2.25. The van der Waals surface area contributed by atoms with E-state index in [0.717, 1.165) is 0 Å². The number of ether oxygens (including phenoxy) is 5. The lowest BCUT2D eigenvalue weighted by Gasteiger charge is -2.28. The molecule has 0 aromatic heterocycles. The summed E-state index contributed by atoms with van der Waals surface area (Å²) in [4.78, 5) is 0. The van der Waals surface area contributed by atoms with Gasteiger partial charge in [-0.2, -0.15) is 0 Å². The molecular formula is C15H32O10. The molecule has 0 aliphatic rings. The van der Waals surface area contributed by atoms with Gasteiger partial charge in [-0.25, -0.2) is 0 Å². The highest BCUT2D eigenvalue weighted by Crippen LogP contribution is 2.09. The second-order valence-corrected chi connectivity index (χ2v) is 5.52. The Kier molecular flexibility index (Phi) is 14.5. The van der Waals surface area contributed by atoms with E-state index in [-0.39, 0.29) is 19.8 Å². The lowest BCUT2D eigenvalue weighted by atomic mass is 10.2. The van der Waals surface area contributed by atoms with E-state index in [4.69, 9.17) is 33.9 Å². The maximum absolute atomic E-state index is 9.66. The third-order valence-corrected chi connectivity index (χ3v) is 3.29. The quantitative estimate of drug-likeness (QED) is 0.184. The lowest BCUT2D eigenvalue weighted by Crippen LogP contribution is -2.42. The zero-order valence-corrected chi connectivity index (χ0v) is 15.0. The van der Waals surface area contributed by atoms with Crippen LogP contribution >= 0.6 is 0 Å². The van der Waals surface area contributed by atoms with Crippen molar-refractivity contribution in [2.45, 2.75) is 43.7 Å². The second kappa shape index (κ2) is 14.7. The van der Waals surface area contributed by atoms with Gasteiger partial charge in [0.1, 0.15) is 24.4 Å². The SMILES string of the molecule is COCC(O[C@H](CO)OC[C@H](C)OC(COC)[C@@H](O)CO)[C@@H](O)CO. The van der Waals surface area contributed by atoms with Crippen molar-refractivity contribution < 1.29 is 49.2 Å². The number of aliphatic hydroxyl groups is 5. The van der Waals surface area contributed by atoms with Crippen molar-refractivity contribution in [2.24, 2.45) is 0 Å². The van der Waals surface area contributed by atoms with Gasteiger partial charge in [0.2, 0.25) is 0 Å². The molecule has 0 spiro atoms. The molecule has 5 N–H and O–H groups in total. The molecule has 0 aromatic rings. The summed E-state index contributed by atoms with van der Waals surface area (Å²) in [6.07, 6.45) is -5.45. The van der Waals surface area contributed by atoms with Crippen molar-refractivity contribution in [3.05, 3.63) is 0 Å². The van der Waals surface area contributed by atoms with E-state index in [1.54, 1.807) is 6.92 Å². The van der Waals surface area contributed by atoms with E-state index in [1.807, 2.05) is 0 Å². The molecule has 10 nitrogen and oxygen atoms in total. The number of aliphatic hydroxyl groups excluding tert-OH is 5. The number of rotatable bonds is 16. The van der Waals surface area contributed by atoms with Crippen LogP contribution in [-0.4, -0.2) is 116 Å². The average Bonchev–Trinajstić information content (AvgIpc) is 2.62. The fourth-order valence-corrected chi connectivity index (χ4v) is 1.96. The van der Waals surface area contributed by atoms with Crippen LogP contribution in [0.25, 0.3) is 0 Å². The van der Waals surface area contributed by atoms with Crippen LogP contribution in [0.1, 0.15) is 6.92 Å². The van der Waals surface area contributed by atoms with Crippen molar-refractivity contribution in [1.82, 2.24) is 0 Å². The minimum absolute atomic E-state index is 0.00620. The van der Waals surface area contributed by atoms with Crippen LogP contribution in [0, 0.1) is 0 Å². The van der Waals surface area contributed by atoms with Crippen LogP contribution in [0.3, 0.4) is 0 Å². The highest BCUT2D eigenvalue weighted by molar-refractivity contribution is 4.70. The summed E-state index contributed by atoms with van der Waals surface area (Å²) < 4.78 is 26.1. The molecule has 0 radical (unpaired) electrons. The van der Waals surface area contributed by atoms with Gasteiger partial charge in [0.15, 0.2) is 6.29 Å². The first-order valence-electron chi connectivity index (χ1n) is 8.02. The molecule has 10 heteroatoms. The molecule has 0 rings (SSSR count). The summed E-state index contributed by atoms with van der Waals surface area (Å²) in [5.41, 5.74) is 0. The van der Waals surface area contributed by atoms with E-state index < -0.39 is 56.6 Å². The first-order valence-corrected chi connectivity index (χ1v) is 8.02. The van der Waals surface area contributed by atoms with Crippen molar-refractivity contribution >= 4 is 0 Å². The minimum Gasteiger partial charge on any atom is -0.394 e.